The predicted molar refractivity (Wildman–Crippen MR) is 82.5 cm³/mol. The monoisotopic (exact) mass is 310 g/mol. The quantitative estimate of drug-likeness (QED) is 0.779. The minimum atomic E-state index is -0.951. The molecule has 1 N–H and O–H groups in total. The summed E-state index contributed by atoms with van der Waals surface area (Å²) in [5.74, 6) is 0.551. The number of hydrogen-bond donors (Lipinski definition) is 1. The zero-order chi connectivity index (χ0) is 16.2. The lowest BCUT2D eigenvalue weighted by Crippen LogP contribution is -1.96. The van der Waals surface area contributed by atoms with Crippen LogP contribution in [-0.2, 0) is 6.42 Å². The van der Waals surface area contributed by atoms with Gasteiger partial charge in [-0.3, -0.25) is 0 Å². The van der Waals surface area contributed by atoms with E-state index in [0.29, 0.717) is 24.0 Å². The Morgan fingerprint density at radius 2 is 1.87 bits per heavy atom. The fourth-order valence-corrected chi connectivity index (χ4v) is 2.20. The number of hydrogen-bond acceptors (Lipinski definition) is 5. The Kier molecular flexibility index (Phi) is 4.05. The first-order chi connectivity index (χ1) is 11.2. The lowest BCUT2D eigenvalue weighted by atomic mass is 10.1. The fraction of sp³-hybridized carbons (Fsp3) is 0.118. The molecule has 2 aromatic carbocycles. The van der Waals surface area contributed by atoms with Crippen LogP contribution in [0.3, 0.4) is 0 Å². The van der Waals surface area contributed by atoms with Gasteiger partial charge in [-0.05, 0) is 29.8 Å². The number of rotatable bonds is 5. The van der Waals surface area contributed by atoms with Gasteiger partial charge in [0.15, 0.2) is 0 Å². The molecule has 0 atom stereocenters. The topological polar surface area (TPSA) is 85.5 Å². The summed E-state index contributed by atoms with van der Waals surface area (Å²) in [5, 5.41) is 17.0. The van der Waals surface area contributed by atoms with Gasteiger partial charge in [-0.1, -0.05) is 24.3 Å². The van der Waals surface area contributed by atoms with Gasteiger partial charge in [-0.15, -0.1) is 10.2 Å². The van der Waals surface area contributed by atoms with Crippen LogP contribution in [0.15, 0.2) is 52.9 Å². The highest BCUT2D eigenvalue weighted by molar-refractivity contribution is 5.87. The summed E-state index contributed by atoms with van der Waals surface area (Å²) >= 11 is 0. The van der Waals surface area contributed by atoms with Gasteiger partial charge in [0.1, 0.15) is 5.75 Å². The number of carboxylic acid groups (broad SMARTS) is 1. The average Bonchev–Trinajstić information content (AvgIpc) is 3.03. The molecule has 0 saturated carbocycles. The Hall–Kier alpha value is -3.15. The molecular formula is C17H14N2O4. The van der Waals surface area contributed by atoms with Crippen molar-refractivity contribution in [3.05, 3.63) is 65.5 Å². The van der Waals surface area contributed by atoms with Crippen molar-refractivity contribution in [2.75, 3.05) is 7.11 Å². The number of benzene rings is 2. The van der Waals surface area contributed by atoms with Crippen molar-refractivity contribution in [2.24, 2.45) is 0 Å². The molecule has 3 rings (SSSR count). The highest BCUT2D eigenvalue weighted by Crippen LogP contribution is 2.28. The van der Waals surface area contributed by atoms with Crippen LogP contribution in [-0.4, -0.2) is 28.4 Å². The lowest BCUT2D eigenvalue weighted by Gasteiger charge is -2.03. The molecule has 0 bridgehead atoms. The van der Waals surface area contributed by atoms with Gasteiger partial charge in [0.25, 0.3) is 5.89 Å². The zero-order valence-electron chi connectivity index (χ0n) is 12.4. The van der Waals surface area contributed by atoms with Crippen LogP contribution in [0.1, 0.15) is 21.8 Å². The van der Waals surface area contributed by atoms with Crippen LogP contribution < -0.4 is 4.74 Å². The highest BCUT2D eigenvalue weighted by atomic mass is 16.5. The fourth-order valence-electron chi connectivity index (χ4n) is 2.20. The van der Waals surface area contributed by atoms with E-state index >= 15 is 0 Å². The van der Waals surface area contributed by atoms with Crippen LogP contribution in [0.2, 0.25) is 0 Å². The maximum absolute atomic E-state index is 10.8. The molecule has 0 fully saturated rings. The molecule has 6 heteroatoms. The molecule has 1 heterocycles. The lowest BCUT2D eigenvalue weighted by molar-refractivity contribution is 0.0697. The van der Waals surface area contributed by atoms with E-state index in [0.717, 1.165) is 11.1 Å². The number of carboxylic acids is 1. The first-order valence-electron chi connectivity index (χ1n) is 6.95. The van der Waals surface area contributed by atoms with Gasteiger partial charge < -0.3 is 14.3 Å². The Bertz CT molecular complexity index is 825. The van der Waals surface area contributed by atoms with E-state index in [2.05, 4.69) is 10.2 Å². The SMILES string of the molecule is COc1ccccc1-c1nnc(Cc2ccc(C(=O)O)cc2)o1. The number of aromatic carboxylic acids is 1. The third-order valence-electron chi connectivity index (χ3n) is 3.36. The van der Waals surface area contributed by atoms with Gasteiger partial charge in [0, 0.05) is 0 Å². The standard InChI is InChI=1S/C17H14N2O4/c1-22-14-5-3-2-4-13(14)16-19-18-15(23-16)10-11-6-8-12(9-7-11)17(20)21/h2-9H,10H2,1H3,(H,20,21). The van der Waals surface area contributed by atoms with Crippen LogP contribution >= 0.6 is 0 Å². The molecule has 0 radical (unpaired) electrons. The number of carbonyl (C=O) groups is 1. The van der Waals surface area contributed by atoms with Gasteiger partial charge >= 0.3 is 5.97 Å². The summed E-state index contributed by atoms with van der Waals surface area (Å²) in [6, 6.07) is 14.0. The van der Waals surface area contributed by atoms with Crippen molar-refractivity contribution in [3.63, 3.8) is 0 Å². The zero-order valence-corrected chi connectivity index (χ0v) is 12.4. The van der Waals surface area contributed by atoms with Gasteiger partial charge in [-0.25, -0.2) is 4.79 Å². The van der Waals surface area contributed by atoms with Crippen molar-refractivity contribution < 1.29 is 19.1 Å². The third kappa shape index (κ3) is 3.21. The van der Waals surface area contributed by atoms with Crippen molar-refractivity contribution in [1.82, 2.24) is 10.2 Å². The van der Waals surface area contributed by atoms with E-state index in [9.17, 15) is 4.79 Å². The first kappa shape index (κ1) is 14.8. The van der Waals surface area contributed by atoms with Crippen molar-refractivity contribution in [2.45, 2.75) is 6.42 Å². The van der Waals surface area contributed by atoms with Crippen LogP contribution in [0.25, 0.3) is 11.5 Å². The summed E-state index contributed by atoms with van der Waals surface area (Å²) in [6.45, 7) is 0. The molecular weight excluding hydrogens is 296 g/mol. The van der Waals surface area contributed by atoms with Crippen LogP contribution in [0, 0.1) is 0 Å². The first-order valence-corrected chi connectivity index (χ1v) is 6.95. The second-order valence-corrected chi connectivity index (χ2v) is 4.88. The third-order valence-corrected chi connectivity index (χ3v) is 3.36. The molecule has 0 saturated heterocycles. The van der Waals surface area contributed by atoms with Gasteiger partial charge in [-0.2, -0.15) is 0 Å². The highest BCUT2D eigenvalue weighted by Gasteiger charge is 2.13. The number of methoxy groups -OCH3 is 1. The van der Waals surface area contributed by atoms with Crippen molar-refractivity contribution >= 4 is 5.97 Å². The molecule has 0 aliphatic rings. The van der Waals surface area contributed by atoms with Gasteiger partial charge in [0.05, 0.1) is 24.7 Å². The van der Waals surface area contributed by atoms with E-state index in [-0.39, 0.29) is 5.56 Å². The minimum absolute atomic E-state index is 0.244. The second kappa shape index (κ2) is 6.31. The Morgan fingerprint density at radius 1 is 1.13 bits per heavy atom. The van der Waals surface area contributed by atoms with E-state index in [4.69, 9.17) is 14.3 Å². The Balaban J connectivity index is 1.80. The minimum Gasteiger partial charge on any atom is -0.496 e. The number of aromatic nitrogens is 2. The van der Waals surface area contributed by atoms with Crippen molar-refractivity contribution in [3.8, 4) is 17.2 Å². The molecule has 0 aliphatic heterocycles. The maximum atomic E-state index is 10.8. The normalized spacial score (nSPS) is 10.5. The Labute approximate surface area is 132 Å². The maximum Gasteiger partial charge on any atom is 0.335 e. The molecule has 3 aromatic rings. The van der Waals surface area contributed by atoms with Crippen LogP contribution in [0.5, 0.6) is 5.75 Å². The van der Waals surface area contributed by atoms with Gasteiger partial charge in [0.2, 0.25) is 5.89 Å². The largest absolute Gasteiger partial charge is 0.496 e. The van der Waals surface area contributed by atoms with E-state index < -0.39 is 5.97 Å². The molecule has 0 aliphatic carbocycles. The summed E-state index contributed by atoms with van der Waals surface area (Å²) in [7, 11) is 1.58. The average molecular weight is 310 g/mol. The second-order valence-electron chi connectivity index (χ2n) is 4.88. The Morgan fingerprint density at radius 3 is 2.57 bits per heavy atom. The molecule has 116 valence electrons. The van der Waals surface area contributed by atoms with E-state index in [1.807, 2.05) is 24.3 Å². The van der Waals surface area contributed by atoms with E-state index in [1.165, 1.54) is 0 Å². The van der Waals surface area contributed by atoms with E-state index in [1.54, 1.807) is 31.4 Å². The number of nitrogens with zero attached hydrogens (tertiary/aromatic N) is 2. The number of para-hydroxylation sites is 1. The van der Waals surface area contributed by atoms with Crippen LogP contribution in [0.4, 0.5) is 0 Å². The molecule has 23 heavy (non-hydrogen) atoms. The molecule has 1 aromatic heterocycles. The predicted octanol–water partition coefficient (Wildman–Crippen LogP) is 3.03. The summed E-state index contributed by atoms with van der Waals surface area (Å²) in [6.07, 6.45) is 0.433. The summed E-state index contributed by atoms with van der Waals surface area (Å²) in [5.41, 5.74) is 1.87. The smallest absolute Gasteiger partial charge is 0.335 e. The summed E-state index contributed by atoms with van der Waals surface area (Å²) < 4.78 is 11.0. The molecule has 0 unspecified atom stereocenters. The number of ether oxygens (including phenoxy) is 1. The summed E-state index contributed by atoms with van der Waals surface area (Å²) in [4.78, 5) is 10.8. The molecule has 0 spiro atoms. The molecule has 6 nitrogen and oxygen atoms in total. The molecule has 0 amide bonds. The van der Waals surface area contributed by atoms with Crippen molar-refractivity contribution in [1.29, 1.82) is 0 Å².